The molecular formula is C19H19NO. The normalized spacial score (nSPS) is 11.1. The van der Waals surface area contributed by atoms with Crippen molar-refractivity contribution >= 4 is 5.91 Å². The summed E-state index contributed by atoms with van der Waals surface area (Å²) in [5.74, 6) is 6.16. The molecule has 1 N–H and O–H groups in total. The molecule has 2 rings (SSSR count). The molecule has 0 aromatic heterocycles. The zero-order valence-electron chi connectivity index (χ0n) is 12.4. The van der Waals surface area contributed by atoms with Crippen molar-refractivity contribution in [3.63, 3.8) is 0 Å². The molecule has 1 amide bonds. The monoisotopic (exact) mass is 277 g/mol. The molecule has 0 aliphatic rings. The lowest BCUT2D eigenvalue weighted by molar-refractivity contribution is 0.0939. The fourth-order valence-corrected chi connectivity index (χ4v) is 1.78. The number of hydrogen-bond acceptors (Lipinski definition) is 1. The summed E-state index contributed by atoms with van der Waals surface area (Å²) in [6.07, 6.45) is 0.923. The quantitative estimate of drug-likeness (QED) is 0.853. The van der Waals surface area contributed by atoms with Crippen molar-refractivity contribution in [3.8, 4) is 11.8 Å². The van der Waals surface area contributed by atoms with Gasteiger partial charge in [0.2, 0.25) is 0 Å². The number of benzene rings is 2. The Kier molecular flexibility index (Phi) is 5.17. The maximum Gasteiger partial charge on any atom is 0.251 e. The Hall–Kier alpha value is -2.53. The molecule has 0 radical (unpaired) electrons. The van der Waals surface area contributed by atoms with Gasteiger partial charge in [0, 0.05) is 22.7 Å². The molecule has 0 aliphatic heterocycles. The van der Waals surface area contributed by atoms with E-state index in [1.54, 1.807) is 0 Å². The number of nitrogens with one attached hydrogen (secondary N) is 1. The van der Waals surface area contributed by atoms with Crippen molar-refractivity contribution in [1.82, 2.24) is 5.32 Å². The van der Waals surface area contributed by atoms with E-state index >= 15 is 0 Å². The fourth-order valence-electron chi connectivity index (χ4n) is 1.78. The predicted molar refractivity (Wildman–Crippen MR) is 86.1 cm³/mol. The highest BCUT2D eigenvalue weighted by Gasteiger charge is 2.07. The molecule has 2 nitrogen and oxygen atoms in total. The van der Waals surface area contributed by atoms with Gasteiger partial charge < -0.3 is 5.32 Å². The highest BCUT2D eigenvalue weighted by molar-refractivity contribution is 5.94. The predicted octanol–water partition coefficient (Wildman–Crippen LogP) is 3.61. The topological polar surface area (TPSA) is 29.1 Å². The second kappa shape index (κ2) is 7.31. The zero-order valence-corrected chi connectivity index (χ0v) is 12.4. The first kappa shape index (κ1) is 14.9. The van der Waals surface area contributed by atoms with Crippen molar-refractivity contribution < 1.29 is 4.79 Å². The Labute approximate surface area is 126 Å². The second-order valence-corrected chi connectivity index (χ2v) is 4.98. The van der Waals surface area contributed by atoms with E-state index in [1.165, 1.54) is 0 Å². The van der Waals surface area contributed by atoms with E-state index in [1.807, 2.05) is 68.4 Å². The van der Waals surface area contributed by atoms with Gasteiger partial charge in [-0.15, -0.1) is 0 Å². The lowest BCUT2D eigenvalue weighted by Gasteiger charge is -2.11. The summed E-state index contributed by atoms with van der Waals surface area (Å²) in [7, 11) is 0. The number of carbonyl (C=O) groups is 1. The van der Waals surface area contributed by atoms with Crippen LogP contribution in [0.5, 0.6) is 0 Å². The third-order valence-corrected chi connectivity index (χ3v) is 3.26. The maximum atomic E-state index is 12.0. The first-order valence-electron chi connectivity index (χ1n) is 7.17. The molecule has 2 heteroatoms. The lowest BCUT2D eigenvalue weighted by Crippen LogP contribution is -2.31. The molecule has 2 aromatic carbocycles. The van der Waals surface area contributed by atoms with Gasteiger partial charge in [0.05, 0.1) is 0 Å². The minimum atomic E-state index is -0.0353. The lowest BCUT2D eigenvalue weighted by atomic mass is 10.1. The Balaban J connectivity index is 2.06. The van der Waals surface area contributed by atoms with Gasteiger partial charge in [0.15, 0.2) is 0 Å². The molecule has 0 spiro atoms. The average molecular weight is 277 g/mol. The average Bonchev–Trinajstić information content (AvgIpc) is 2.54. The van der Waals surface area contributed by atoms with Crippen LogP contribution in [0.15, 0.2) is 54.6 Å². The van der Waals surface area contributed by atoms with Crippen LogP contribution in [0.3, 0.4) is 0 Å². The number of rotatable bonds is 3. The van der Waals surface area contributed by atoms with Crippen LogP contribution in [-0.2, 0) is 0 Å². The van der Waals surface area contributed by atoms with Crippen molar-refractivity contribution in [1.29, 1.82) is 0 Å². The van der Waals surface area contributed by atoms with Crippen LogP contribution in [0.25, 0.3) is 0 Å². The molecule has 21 heavy (non-hydrogen) atoms. The standard InChI is InChI=1S/C19H19NO/c1-3-15(2)20-19(21)18-13-11-17(12-14-18)10-9-16-7-5-4-6-8-16/h4-8,11-15H,3H2,1-2H3,(H,20,21). The second-order valence-electron chi connectivity index (χ2n) is 4.98. The first-order chi connectivity index (χ1) is 10.2. The molecule has 0 saturated carbocycles. The Morgan fingerprint density at radius 1 is 1.00 bits per heavy atom. The maximum absolute atomic E-state index is 12.0. The van der Waals surface area contributed by atoms with E-state index in [2.05, 4.69) is 17.2 Å². The van der Waals surface area contributed by atoms with Gasteiger partial charge >= 0.3 is 0 Å². The van der Waals surface area contributed by atoms with Gasteiger partial charge in [0.1, 0.15) is 0 Å². The van der Waals surface area contributed by atoms with Crippen molar-refractivity contribution in [2.75, 3.05) is 0 Å². The molecule has 0 heterocycles. The van der Waals surface area contributed by atoms with Crippen LogP contribution in [0.2, 0.25) is 0 Å². The summed E-state index contributed by atoms with van der Waals surface area (Å²) < 4.78 is 0. The molecule has 106 valence electrons. The highest BCUT2D eigenvalue weighted by Crippen LogP contribution is 2.05. The molecule has 0 saturated heterocycles. The molecule has 0 bridgehead atoms. The summed E-state index contributed by atoms with van der Waals surface area (Å²) in [6, 6.07) is 17.4. The SMILES string of the molecule is CCC(C)NC(=O)c1ccc(C#Cc2ccccc2)cc1. The smallest absolute Gasteiger partial charge is 0.251 e. The summed E-state index contributed by atoms with van der Waals surface area (Å²) >= 11 is 0. The van der Waals surface area contributed by atoms with E-state index in [-0.39, 0.29) is 11.9 Å². The van der Waals surface area contributed by atoms with Crippen LogP contribution in [0, 0.1) is 11.8 Å². The van der Waals surface area contributed by atoms with Crippen molar-refractivity contribution in [2.24, 2.45) is 0 Å². The van der Waals surface area contributed by atoms with Gasteiger partial charge in [-0.05, 0) is 49.7 Å². The summed E-state index contributed by atoms with van der Waals surface area (Å²) in [6.45, 7) is 4.05. The van der Waals surface area contributed by atoms with E-state index in [0.29, 0.717) is 5.56 Å². The van der Waals surface area contributed by atoms with Gasteiger partial charge in [-0.25, -0.2) is 0 Å². The molecule has 2 aromatic rings. The Bertz CT molecular complexity index is 647. The Morgan fingerprint density at radius 3 is 2.14 bits per heavy atom. The van der Waals surface area contributed by atoms with E-state index < -0.39 is 0 Å². The number of amides is 1. The minimum absolute atomic E-state index is 0.0353. The summed E-state index contributed by atoms with van der Waals surface area (Å²) in [4.78, 5) is 12.0. The number of carbonyl (C=O) groups excluding carboxylic acids is 1. The number of hydrogen-bond donors (Lipinski definition) is 1. The first-order valence-corrected chi connectivity index (χ1v) is 7.17. The van der Waals surface area contributed by atoms with Gasteiger partial charge in [-0.2, -0.15) is 0 Å². The summed E-state index contributed by atoms with van der Waals surface area (Å²) in [5.41, 5.74) is 2.55. The minimum Gasteiger partial charge on any atom is -0.350 e. The van der Waals surface area contributed by atoms with E-state index in [0.717, 1.165) is 17.5 Å². The van der Waals surface area contributed by atoms with Crippen LogP contribution < -0.4 is 5.32 Å². The van der Waals surface area contributed by atoms with Crippen LogP contribution in [-0.4, -0.2) is 11.9 Å². The van der Waals surface area contributed by atoms with Gasteiger partial charge in [-0.3, -0.25) is 4.79 Å². The molecule has 1 unspecified atom stereocenters. The largest absolute Gasteiger partial charge is 0.350 e. The van der Waals surface area contributed by atoms with Crippen molar-refractivity contribution in [2.45, 2.75) is 26.3 Å². The molecule has 0 fully saturated rings. The summed E-state index contributed by atoms with van der Waals surface area (Å²) in [5, 5.41) is 2.95. The highest BCUT2D eigenvalue weighted by atomic mass is 16.1. The fraction of sp³-hybridized carbons (Fsp3) is 0.211. The molecular weight excluding hydrogens is 258 g/mol. The van der Waals surface area contributed by atoms with Gasteiger partial charge in [-0.1, -0.05) is 37.0 Å². The van der Waals surface area contributed by atoms with Crippen molar-refractivity contribution in [3.05, 3.63) is 71.3 Å². The third-order valence-electron chi connectivity index (χ3n) is 3.26. The zero-order chi connectivity index (χ0) is 15.1. The van der Waals surface area contributed by atoms with Crippen LogP contribution >= 0.6 is 0 Å². The van der Waals surface area contributed by atoms with E-state index in [9.17, 15) is 4.79 Å². The third kappa shape index (κ3) is 4.50. The molecule has 0 aliphatic carbocycles. The van der Waals surface area contributed by atoms with Gasteiger partial charge in [0.25, 0.3) is 5.91 Å². The van der Waals surface area contributed by atoms with Crippen LogP contribution in [0.1, 0.15) is 41.8 Å². The molecule has 1 atom stereocenters. The van der Waals surface area contributed by atoms with E-state index in [4.69, 9.17) is 0 Å². The Morgan fingerprint density at radius 2 is 1.57 bits per heavy atom. The van der Waals surface area contributed by atoms with Crippen LogP contribution in [0.4, 0.5) is 0 Å².